The van der Waals surface area contributed by atoms with Gasteiger partial charge in [-0.25, -0.2) is 0 Å². The number of ether oxygens (including phenoxy) is 3. The molecule has 5 N–H and O–H groups in total. The minimum Gasteiger partial charge on any atom is -0.390 e. The lowest BCUT2D eigenvalue weighted by molar-refractivity contribution is -0.264. The predicted molar refractivity (Wildman–Crippen MR) is 166 cm³/mol. The fourth-order valence-corrected chi connectivity index (χ4v) is 13.3. The third kappa shape index (κ3) is 4.58. The summed E-state index contributed by atoms with van der Waals surface area (Å²) in [6, 6.07) is 0. The number of hydrogen-bond acceptors (Lipinski definition) is 8. The molecule has 0 aromatic rings. The Morgan fingerprint density at radius 2 is 1.61 bits per heavy atom. The second-order valence-corrected chi connectivity index (χ2v) is 17.6. The van der Waals surface area contributed by atoms with E-state index in [2.05, 4.69) is 34.6 Å². The molecule has 254 valence electrons. The largest absolute Gasteiger partial charge is 0.390 e. The van der Waals surface area contributed by atoms with Gasteiger partial charge in [0.2, 0.25) is 0 Å². The van der Waals surface area contributed by atoms with Gasteiger partial charge in [0.15, 0.2) is 6.29 Å². The number of fused-ring (bicyclic) bond motifs is 2. The van der Waals surface area contributed by atoms with Crippen molar-refractivity contribution in [2.24, 2.45) is 57.2 Å². The van der Waals surface area contributed by atoms with Crippen LogP contribution in [0.25, 0.3) is 0 Å². The van der Waals surface area contributed by atoms with E-state index in [0.717, 1.165) is 51.4 Å². The van der Waals surface area contributed by atoms with Crippen molar-refractivity contribution in [1.82, 2.24) is 0 Å². The van der Waals surface area contributed by atoms with E-state index in [1.807, 2.05) is 0 Å². The summed E-state index contributed by atoms with van der Waals surface area (Å²) in [5.74, 6) is 1.81. The SMILES string of the molecule is CO[C@@H](CC[C@@H](C)[C@H]1[C@H](O)[C@H](O)C2[C@@H]3CCC4C(C)(C)[C@@H](OC5C[C@@H](O)[C@H](O)CO5)CCC45[C@@H](C)[C@@]35CC[C@@]21C)C(C)(C)O. The van der Waals surface area contributed by atoms with E-state index in [-0.39, 0.29) is 58.2 Å². The second kappa shape index (κ2) is 11.1. The van der Waals surface area contributed by atoms with Crippen molar-refractivity contribution in [1.29, 1.82) is 0 Å². The molecule has 0 amide bonds. The molecule has 44 heavy (non-hydrogen) atoms. The van der Waals surface area contributed by atoms with Gasteiger partial charge in [-0.1, -0.05) is 34.6 Å². The monoisotopic (exact) mass is 622 g/mol. The van der Waals surface area contributed by atoms with Gasteiger partial charge in [0.1, 0.15) is 6.10 Å². The summed E-state index contributed by atoms with van der Waals surface area (Å²) in [4.78, 5) is 0. The second-order valence-electron chi connectivity index (χ2n) is 17.6. The number of rotatable bonds is 8. The standard InChI is InChI=1S/C36H62O8/c1-19(9-12-26(42-8)33(5,6)41)28-30(39)31(40)29-21-10-11-24-32(3,4)25(44-27-17-22(37)23(38)18-43-27)13-14-36(24)20(2)35(21,36)16-15-34(28,29)7/h19-31,37-41H,9-18H2,1-8H3/t19-,20+,21+,22-,23-,24?,25+,26+,27?,28+,29?,30+,31-,34-,35+,36?/m1/s1. The first-order chi connectivity index (χ1) is 20.5. The third-order valence-corrected chi connectivity index (χ3v) is 15.3. The van der Waals surface area contributed by atoms with Crippen molar-refractivity contribution >= 4 is 0 Å². The first-order valence-electron chi connectivity index (χ1n) is 17.7. The van der Waals surface area contributed by atoms with Crippen molar-refractivity contribution in [2.75, 3.05) is 13.7 Å². The molecular formula is C36H62O8. The van der Waals surface area contributed by atoms with Gasteiger partial charge in [0.25, 0.3) is 0 Å². The normalized spacial score (nSPS) is 52.7. The maximum Gasteiger partial charge on any atom is 0.160 e. The topological polar surface area (TPSA) is 129 Å². The van der Waals surface area contributed by atoms with Crippen molar-refractivity contribution in [3.63, 3.8) is 0 Å². The van der Waals surface area contributed by atoms with Gasteiger partial charge in [-0.05, 0) is 122 Å². The Bertz CT molecular complexity index is 1060. The van der Waals surface area contributed by atoms with E-state index in [1.165, 1.54) is 0 Å². The highest BCUT2D eigenvalue weighted by molar-refractivity contribution is 5.33. The van der Waals surface area contributed by atoms with Crippen LogP contribution in [-0.4, -0.2) is 87.8 Å². The zero-order chi connectivity index (χ0) is 32.2. The molecule has 1 heterocycles. The Hall–Kier alpha value is -0.320. The minimum atomic E-state index is -0.925. The maximum absolute atomic E-state index is 11.9. The highest BCUT2D eigenvalue weighted by Gasteiger charge is 2.85. The van der Waals surface area contributed by atoms with Crippen LogP contribution in [0.15, 0.2) is 0 Å². The van der Waals surface area contributed by atoms with Gasteiger partial charge in [-0.3, -0.25) is 0 Å². The van der Waals surface area contributed by atoms with Crippen LogP contribution >= 0.6 is 0 Å². The first kappa shape index (κ1) is 33.6. The summed E-state index contributed by atoms with van der Waals surface area (Å²) >= 11 is 0. The predicted octanol–water partition coefficient (Wildman–Crippen LogP) is 4.28. The molecule has 5 saturated carbocycles. The summed E-state index contributed by atoms with van der Waals surface area (Å²) < 4.78 is 18.0. The zero-order valence-corrected chi connectivity index (χ0v) is 28.5. The van der Waals surface area contributed by atoms with E-state index in [1.54, 1.807) is 21.0 Å². The molecule has 0 aromatic heterocycles. The first-order valence-corrected chi connectivity index (χ1v) is 17.7. The van der Waals surface area contributed by atoms with E-state index in [9.17, 15) is 25.5 Å². The van der Waals surface area contributed by atoms with E-state index < -0.39 is 36.3 Å². The number of aliphatic hydroxyl groups excluding tert-OH is 4. The summed E-state index contributed by atoms with van der Waals surface area (Å²) in [5.41, 5.74) is -0.677. The lowest BCUT2D eigenvalue weighted by Gasteiger charge is -2.60. The van der Waals surface area contributed by atoms with Crippen LogP contribution in [0.3, 0.4) is 0 Å². The lowest BCUT2D eigenvalue weighted by atomic mass is 9.46. The molecule has 2 spiro atoms. The molecule has 0 radical (unpaired) electrons. The molecule has 0 bridgehead atoms. The van der Waals surface area contributed by atoms with Crippen LogP contribution < -0.4 is 0 Å². The van der Waals surface area contributed by atoms with Crippen LogP contribution in [0.4, 0.5) is 0 Å². The molecule has 8 nitrogen and oxygen atoms in total. The molecule has 4 unspecified atom stereocenters. The van der Waals surface area contributed by atoms with Gasteiger partial charge in [0, 0.05) is 13.5 Å². The molecule has 16 atom stereocenters. The fourth-order valence-electron chi connectivity index (χ4n) is 13.3. The summed E-state index contributed by atoms with van der Waals surface area (Å²) in [6.45, 7) is 15.5. The summed E-state index contributed by atoms with van der Waals surface area (Å²) in [5, 5.41) is 54.3. The van der Waals surface area contributed by atoms with Crippen LogP contribution in [-0.2, 0) is 14.2 Å². The molecule has 6 aliphatic rings. The van der Waals surface area contributed by atoms with Gasteiger partial charge < -0.3 is 39.7 Å². The van der Waals surface area contributed by atoms with Crippen LogP contribution in [0, 0.1) is 57.2 Å². The minimum absolute atomic E-state index is 0.0202. The fraction of sp³-hybridized carbons (Fsp3) is 1.00. The Balaban J connectivity index is 1.21. The van der Waals surface area contributed by atoms with Gasteiger partial charge in [-0.2, -0.15) is 0 Å². The molecule has 6 rings (SSSR count). The van der Waals surface area contributed by atoms with E-state index in [4.69, 9.17) is 14.2 Å². The summed E-state index contributed by atoms with van der Waals surface area (Å²) in [7, 11) is 1.66. The smallest absolute Gasteiger partial charge is 0.160 e. The Morgan fingerprint density at radius 1 is 0.909 bits per heavy atom. The third-order valence-electron chi connectivity index (χ3n) is 15.3. The Kier molecular flexibility index (Phi) is 8.48. The Morgan fingerprint density at radius 3 is 2.25 bits per heavy atom. The van der Waals surface area contributed by atoms with Crippen LogP contribution in [0.5, 0.6) is 0 Å². The number of hydrogen-bond donors (Lipinski definition) is 5. The zero-order valence-electron chi connectivity index (χ0n) is 28.5. The van der Waals surface area contributed by atoms with Crippen molar-refractivity contribution in [2.45, 2.75) is 155 Å². The molecule has 5 aliphatic carbocycles. The highest BCUT2D eigenvalue weighted by atomic mass is 16.7. The average Bonchev–Trinajstić information content (AvgIpc) is 3.39. The number of methoxy groups -OCH3 is 1. The molecule has 0 aromatic carbocycles. The van der Waals surface area contributed by atoms with Crippen LogP contribution in [0.1, 0.15) is 106 Å². The molecule has 1 saturated heterocycles. The molecule has 8 heteroatoms. The molecule has 1 aliphatic heterocycles. The van der Waals surface area contributed by atoms with Crippen LogP contribution in [0.2, 0.25) is 0 Å². The van der Waals surface area contributed by atoms with Gasteiger partial charge in [-0.15, -0.1) is 0 Å². The van der Waals surface area contributed by atoms with E-state index >= 15 is 0 Å². The number of aliphatic hydroxyl groups is 5. The highest BCUT2D eigenvalue weighted by Crippen LogP contribution is 2.89. The van der Waals surface area contributed by atoms with Crippen molar-refractivity contribution < 1.29 is 39.7 Å². The average molecular weight is 623 g/mol. The maximum atomic E-state index is 11.9. The van der Waals surface area contributed by atoms with Crippen molar-refractivity contribution in [3.05, 3.63) is 0 Å². The quantitative estimate of drug-likeness (QED) is 0.254. The summed E-state index contributed by atoms with van der Waals surface area (Å²) in [6.07, 6.45) is 4.49. The van der Waals surface area contributed by atoms with Gasteiger partial charge in [0.05, 0.1) is 42.7 Å². The molecular weight excluding hydrogens is 560 g/mol. The van der Waals surface area contributed by atoms with E-state index in [0.29, 0.717) is 24.2 Å². The Labute approximate surface area is 265 Å². The lowest BCUT2D eigenvalue weighted by Crippen LogP contribution is -2.56. The van der Waals surface area contributed by atoms with Gasteiger partial charge >= 0.3 is 0 Å². The molecule has 6 fully saturated rings. The van der Waals surface area contributed by atoms with Crippen molar-refractivity contribution in [3.8, 4) is 0 Å².